The smallest absolute Gasteiger partial charge is 0.439 e. The molecule has 0 saturated heterocycles. The van der Waals surface area contributed by atoms with Crippen molar-refractivity contribution in [3.63, 3.8) is 0 Å². The maximum absolute atomic E-state index is 12.4. The van der Waals surface area contributed by atoms with Crippen LogP contribution >= 0.6 is 11.6 Å². The van der Waals surface area contributed by atoms with E-state index in [1.165, 1.54) is 11.1 Å². The van der Waals surface area contributed by atoms with Gasteiger partial charge in [-0.05, 0) is 62.2 Å². The SMILES string of the molecule is CC(C)n1cc(CCNCc2cccc3c2[nH]c2cc(=NC(=O)Oc4ccccc4Cl)cccc23)cn1.O=C(O)CO. The lowest BCUT2D eigenvalue weighted by Crippen LogP contribution is -2.16. The molecule has 0 bridgehead atoms. The highest BCUT2D eigenvalue weighted by molar-refractivity contribution is 6.32. The first kappa shape index (κ1) is 30.4. The van der Waals surface area contributed by atoms with Crippen LogP contribution in [0.2, 0.25) is 5.02 Å². The van der Waals surface area contributed by atoms with Crippen LogP contribution in [0.15, 0.2) is 84.1 Å². The Hall–Kier alpha value is -4.51. The lowest BCUT2D eigenvalue weighted by Gasteiger charge is -2.06. The fraction of sp³-hybridized carbons (Fsp3) is 0.226. The van der Waals surface area contributed by atoms with Gasteiger partial charge in [0.1, 0.15) is 6.61 Å². The summed E-state index contributed by atoms with van der Waals surface area (Å²) in [4.78, 5) is 29.2. The highest BCUT2D eigenvalue weighted by Crippen LogP contribution is 2.27. The number of nitrogens with one attached hydrogen (secondary N) is 2. The number of carboxylic acids is 1. The molecule has 0 atom stereocenters. The van der Waals surface area contributed by atoms with E-state index in [9.17, 15) is 4.79 Å². The van der Waals surface area contributed by atoms with Crippen LogP contribution in [0, 0.1) is 0 Å². The Balaban J connectivity index is 0.000000748. The number of benzene rings is 2. The molecule has 5 aromatic rings. The summed E-state index contributed by atoms with van der Waals surface area (Å²) in [7, 11) is 0. The van der Waals surface area contributed by atoms with Crippen molar-refractivity contribution < 1.29 is 24.5 Å². The van der Waals surface area contributed by atoms with E-state index in [4.69, 9.17) is 31.3 Å². The van der Waals surface area contributed by atoms with E-state index in [0.29, 0.717) is 16.4 Å². The molecular formula is C31H32ClN5O5. The third kappa shape index (κ3) is 8.03. The molecule has 4 N–H and O–H groups in total. The number of amides is 1. The van der Waals surface area contributed by atoms with E-state index in [1.54, 1.807) is 30.3 Å². The fourth-order valence-electron chi connectivity index (χ4n) is 4.26. The van der Waals surface area contributed by atoms with E-state index < -0.39 is 18.7 Å². The second kappa shape index (κ2) is 14.4. The number of aliphatic carboxylic acids is 1. The molecule has 42 heavy (non-hydrogen) atoms. The summed E-state index contributed by atoms with van der Waals surface area (Å²) in [5.41, 5.74) is 4.35. The molecule has 0 fully saturated rings. The van der Waals surface area contributed by atoms with Crippen LogP contribution in [-0.2, 0) is 17.8 Å². The molecule has 0 aliphatic heterocycles. The Bertz CT molecular complexity index is 1760. The van der Waals surface area contributed by atoms with E-state index in [0.717, 1.165) is 41.3 Å². The van der Waals surface area contributed by atoms with E-state index in [2.05, 4.69) is 58.6 Å². The van der Waals surface area contributed by atoms with Crippen LogP contribution in [0.1, 0.15) is 31.0 Å². The lowest BCUT2D eigenvalue weighted by atomic mass is 10.1. The summed E-state index contributed by atoms with van der Waals surface area (Å²) in [6.45, 7) is 5.06. The number of hydrogen-bond acceptors (Lipinski definition) is 6. The molecule has 218 valence electrons. The second-order valence-electron chi connectivity index (χ2n) is 9.70. The van der Waals surface area contributed by atoms with Crippen LogP contribution in [0.25, 0.3) is 21.8 Å². The van der Waals surface area contributed by atoms with Gasteiger partial charge < -0.3 is 25.3 Å². The number of H-pyrrole nitrogens is 1. The first-order valence-corrected chi connectivity index (χ1v) is 13.7. The van der Waals surface area contributed by atoms with Crippen molar-refractivity contribution in [3.05, 3.63) is 101 Å². The normalized spacial score (nSPS) is 11.5. The highest BCUT2D eigenvalue weighted by Gasteiger charge is 2.09. The Morgan fingerprint density at radius 1 is 1.10 bits per heavy atom. The van der Waals surface area contributed by atoms with Crippen molar-refractivity contribution in [2.45, 2.75) is 32.9 Å². The standard InChI is InChI=1S/C29H28ClN5O2.C2H4O3/c1-19(2)35-18-20(16-32-35)13-14-31-17-21-7-5-10-24-23-9-6-8-22(15-26(23)34-28(21)24)33-29(36)37-27-12-4-3-11-25(27)30;3-1-2(4)5/h3-12,15-16,18-19,31,34H,13-14,17H2,1-2H3;3H,1H2,(H,4,5). The molecule has 0 unspecified atom stereocenters. The molecule has 5 rings (SSSR count). The number of para-hydroxylation sites is 2. The zero-order valence-corrected chi connectivity index (χ0v) is 24.0. The molecule has 2 heterocycles. The average molecular weight is 590 g/mol. The number of aromatic nitrogens is 3. The minimum atomic E-state index is -1.19. The number of ether oxygens (including phenoxy) is 1. The predicted octanol–water partition coefficient (Wildman–Crippen LogP) is 5.25. The maximum Gasteiger partial charge on any atom is 0.439 e. The molecule has 0 spiro atoms. The minimum absolute atomic E-state index is 0.278. The number of halogens is 1. The number of carbonyl (C=O) groups is 2. The van der Waals surface area contributed by atoms with Crippen LogP contribution in [0.3, 0.4) is 0 Å². The van der Waals surface area contributed by atoms with Gasteiger partial charge in [-0.1, -0.05) is 54.1 Å². The molecule has 0 saturated carbocycles. The average Bonchev–Trinajstić information content (AvgIpc) is 3.53. The topological polar surface area (TPSA) is 142 Å². The van der Waals surface area contributed by atoms with E-state index >= 15 is 0 Å². The maximum atomic E-state index is 12.4. The second-order valence-corrected chi connectivity index (χ2v) is 10.1. The number of hydrogen-bond donors (Lipinski definition) is 4. The van der Waals surface area contributed by atoms with Gasteiger partial charge in [-0.2, -0.15) is 10.1 Å². The van der Waals surface area contributed by atoms with Gasteiger partial charge in [-0.25, -0.2) is 9.59 Å². The van der Waals surface area contributed by atoms with Crippen molar-refractivity contribution in [1.29, 1.82) is 0 Å². The van der Waals surface area contributed by atoms with E-state index in [1.807, 2.05) is 29.1 Å². The Morgan fingerprint density at radius 3 is 2.55 bits per heavy atom. The van der Waals surface area contributed by atoms with Crippen molar-refractivity contribution >= 4 is 45.5 Å². The molecule has 10 nitrogen and oxygen atoms in total. The van der Waals surface area contributed by atoms with Crippen LogP contribution in [0.5, 0.6) is 5.75 Å². The van der Waals surface area contributed by atoms with Crippen LogP contribution < -0.4 is 15.4 Å². The summed E-state index contributed by atoms with van der Waals surface area (Å²) in [5, 5.41) is 26.0. The number of fused-ring (bicyclic) bond motifs is 3. The first-order chi connectivity index (χ1) is 20.2. The summed E-state index contributed by atoms with van der Waals surface area (Å²) < 4.78 is 7.29. The Morgan fingerprint density at radius 2 is 1.83 bits per heavy atom. The largest absolute Gasteiger partial charge is 0.480 e. The number of carboxylic acid groups (broad SMARTS) is 1. The zero-order chi connectivity index (χ0) is 30.1. The highest BCUT2D eigenvalue weighted by atomic mass is 35.5. The summed E-state index contributed by atoms with van der Waals surface area (Å²) in [6, 6.07) is 21.0. The van der Waals surface area contributed by atoms with Gasteiger partial charge in [0.2, 0.25) is 0 Å². The van der Waals surface area contributed by atoms with Gasteiger partial charge in [-0.3, -0.25) is 4.68 Å². The molecule has 1 amide bonds. The molecule has 11 heteroatoms. The third-order valence-corrected chi connectivity index (χ3v) is 6.60. The summed E-state index contributed by atoms with van der Waals surface area (Å²) in [5.74, 6) is -0.912. The van der Waals surface area contributed by atoms with Crippen molar-refractivity contribution in [3.8, 4) is 5.75 Å². The lowest BCUT2D eigenvalue weighted by molar-refractivity contribution is -0.140. The van der Waals surface area contributed by atoms with Gasteiger partial charge in [0.15, 0.2) is 5.75 Å². The number of aliphatic hydroxyl groups excluding tert-OH is 1. The monoisotopic (exact) mass is 589 g/mol. The predicted molar refractivity (Wildman–Crippen MR) is 162 cm³/mol. The van der Waals surface area contributed by atoms with Gasteiger partial charge in [0.25, 0.3) is 0 Å². The Labute approximate surface area is 247 Å². The Kier molecular flexibility index (Phi) is 10.4. The quantitative estimate of drug-likeness (QED) is 0.181. The molecule has 3 aromatic carbocycles. The molecule has 0 radical (unpaired) electrons. The van der Waals surface area contributed by atoms with Crippen molar-refractivity contribution in [2.75, 3.05) is 13.2 Å². The fourth-order valence-corrected chi connectivity index (χ4v) is 4.44. The van der Waals surface area contributed by atoms with Gasteiger partial charge in [-0.15, -0.1) is 0 Å². The molecule has 2 aromatic heterocycles. The minimum Gasteiger partial charge on any atom is -0.480 e. The summed E-state index contributed by atoms with van der Waals surface area (Å²) in [6.07, 6.45) is 4.23. The number of carbonyl (C=O) groups excluding carboxylic acids is 1. The van der Waals surface area contributed by atoms with Crippen LogP contribution in [-0.4, -0.2) is 50.2 Å². The number of aromatic amines is 1. The third-order valence-electron chi connectivity index (χ3n) is 6.29. The van der Waals surface area contributed by atoms with Gasteiger partial charge in [0, 0.05) is 35.1 Å². The van der Waals surface area contributed by atoms with E-state index in [-0.39, 0.29) is 5.75 Å². The number of rotatable bonds is 8. The summed E-state index contributed by atoms with van der Waals surface area (Å²) >= 11 is 6.09. The van der Waals surface area contributed by atoms with Gasteiger partial charge in [0.05, 0.1) is 22.1 Å². The number of nitrogens with zero attached hydrogens (tertiary/aromatic N) is 3. The number of aliphatic hydroxyl groups is 1. The molecular weight excluding hydrogens is 558 g/mol. The van der Waals surface area contributed by atoms with Crippen LogP contribution in [0.4, 0.5) is 4.79 Å². The van der Waals surface area contributed by atoms with Gasteiger partial charge >= 0.3 is 12.1 Å². The molecule has 0 aliphatic carbocycles. The van der Waals surface area contributed by atoms with Crippen molar-refractivity contribution in [2.24, 2.45) is 4.99 Å². The molecule has 0 aliphatic rings. The van der Waals surface area contributed by atoms with Crippen molar-refractivity contribution in [1.82, 2.24) is 20.1 Å². The first-order valence-electron chi connectivity index (χ1n) is 13.4. The zero-order valence-electron chi connectivity index (χ0n) is 23.3.